The third-order valence-corrected chi connectivity index (χ3v) is 6.16. The predicted octanol–water partition coefficient (Wildman–Crippen LogP) is 5.28. The molecule has 3 aromatic carbocycles. The lowest BCUT2D eigenvalue weighted by atomic mass is 10.1. The fourth-order valence-electron chi connectivity index (χ4n) is 3.88. The van der Waals surface area contributed by atoms with Gasteiger partial charge in [0.15, 0.2) is 6.61 Å². The van der Waals surface area contributed by atoms with Crippen LogP contribution in [0.4, 0.5) is 11.4 Å². The molecule has 1 saturated heterocycles. The summed E-state index contributed by atoms with van der Waals surface area (Å²) < 4.78 is 5.66. The number of carbonyl (C=O) groups excluding carboxylic acids is 2. The second-order valence-corrected chi connectivity index (χ2v) is 8.92. The minimum Gasteiger partial charge on any atom is -0.483 e. The quantitative estimate of drug-likeness (QED) is 0.503. The first kappa shape index (κ1) is 23.9. The summed E-state index contributed by atoms with van der Waals surface area (Å²) in [7, 11) is 0. The van der Waals surface area contributed by atoms with E-state index in [2.05, 4.69) is 10.2 Å². The molecule has 0 saturated carbocycles. The topological polar surface area (TPSA) is 61.9 Å². The molecule has 1 aliphatic heterocycles. The molecule has 3 aromatic rings. The molecule has 2 amide bonds. The van der Waals surface area contributed by atoms with Gasteiger partial charge in [-0.1, -0.05) is 35.3 Å². The lowest BCUT2D eigenvalue weighted by Gasteiger charge is -2.37. The summed E-state index contributed by atoms with van der Waals surface area (Å²) in [5.74, 6) is 0.361. The standard InChI is InChI=1S/C26H25Cl2N3O3/c1-18-16-21(28)10-11-24(18)34-17-25(32)29-22-4-2-3-5-23(22)30-12-14-31(15-13-30)26(33)19-6-8-20(27)9-7-19/h2-11,16H,12-15,17H2,1H3,(H,29,32). The van der Waals surface area contributed by atoms with E-state index < -0.39 is 0 Å². The first-order chi connectivity index (χ1) is 16.4. The normalized spacial score (nSPS) is 13.5. The second-order valence-electron chi connectivity index (χ2n) is 8.05. The van der Waals surface area contributed by atoms with Gasteiger partial charge >= 0.3 is 0 Å². The molecule has 0 unspecified atom stereocenters. The third-order valence-electron chi connectivity index (χ3n) is 5.67. The average Bonchev–Trinajstić information content (AvgIpc) is 2.84. The highest BCUT2D eigenvalue weighted by atomic mass is 35.5. The van der Waals surface area contributed by atoms with Crippen molar-refractivity contribution in [1.82, 2.24) is 4.90 Å². The van der Waals surface area contributed by atoms with Crippen LogP contribution in [0.25, 0.3) is 0 Å². The van der Waals surface area contributed by atoms with Crippen molar-refractivity contribution in [2.24, 2.45) is 0 Å². The van der Waals surface area contributed by atoms with Gasteiger partial charge < -0.3 is 19.9 Å². The van der Waals surface area contributed by atoms with Crippen molar-refractivity contribution in [3.63, 3.8) is 0 Å². The number of nitrogens with zero attached hydrogens (tertiary/aromatic N) is 2. The smallest absolute Gasteiger partial charge is 0.262 e. The van der Waals surface area contributed by atoms with Crippen molar-refractivity contribution >= 4 is 46.4 Å². The van der Waals surface area contributed by atoms with E-state index in [0.29, 0.717) is 53.2 Å². The highest BCUT2D eigenvalue weighted by molar-refractivity contribution is 6.31. The van der Waals surface area contributed by atoms with Gasteiger partial charge in [-0.05, 0) is 67.1 Å². The molecule has 0 radical (unpaired) electrons. The lowest BCUT2D eigenvalue weighted by molar-refractivity contribution is -0.118. The molecular formula is C26H25Cl2N3O3. The Labute approximate surface area is 209 Å². The Hall–Kier alpha value is -3.22. The Balaban J connectivity index is 1.35. The van der Waals surface area contributed by atoms with Crippen LogP contribution in [-0.2, 0) is 4.79 Å². The van der Waals surface area contributed by atoms with Gasteiger partial charge in [-0.25, -0.2) is 0 Å². The highest BCUT2D eigenvalue weighted by Crippen LogP contribution is 2.27. The molecular weight excluding hydrogens is 473 g/mol. The van der Waals surface area contributed by atoms with E-state index >= 15 is 0 Å². The fourth-order valence-corrected chi connectivity index (χ4v) is 4.24. The number of aryl methyl sites for hydroxylation is 1. The number of nitrogens with one attached hydrogen (secondary N) is 1. The molecule has 1 aliphatic rings. The fraction of sp³-hybridized carbons (Fsp3) is 0.231. The molecule has 6 nitrogen and oxygen atoms in total. The lowest BCUT2D eigenvalue weighted by Crippen LogP contribution is -2.49. The minimum absolute atomic E-state index is 0.00690. The molecule has 1 N–H and O–H groups in total. The number of rotatable bonds is 6. The number of piperazine rings is 1. The zero-order valence-corrected chi connectivity index (χ0v) is 20.3. The average molecular weight is 498 g/mol. The summed E-state index contributed by atoms with van der Waals surface area (Å²) in [5.41, 5.74) is 3.12. The van der Waals surface area contributed by atoms with E-state index in [-0.39, 0.29) is 18.4 Å². The van der Waals surface area contributed by atoms with Crippen LogP contribution >= 0.6 is 23.2 Å². The van der Waals surface area contributed by atoms with E-state index in [0.717, 1.165) is 11.3 Å². The Kier molecular flexibility index (Phi) is 7.60. The van der Waals surface area contributed by atoms with Crippen LogP contribution in [0.15, 0.2) is 66.7 Å². The number of ether oxygens (including phenoxy) is 1. The number of amides is 2. The van der Waals surface area contributed by atoms with Gasteiger partial charge in [0.1, 0.15) is 5.75 Å². The van der Waals surface area contributed by atoms with Gasteiger partial charge in [0.05, 0.1) is 11.4 Å². The summed E-state index contributed by atoms with van der Waals surface area (Å²) in [5, 5.41) is 4.18. The molecule has 176 valence electrons. The summed E-state index contributed by atoms with van der Waals surface area (Å²) in [6.07, 6.45) is 0. The Morgan fingerprint density at radius 1 is 0.912 bits per heavy atom. The molecule has 0 spiro atoms. The van der Waals surface area contributed by atoms with Gasteiger partial charge in [0.2, 0.25) is 0 Å². The summed E-state index contributed by atoms with van der Waals surface area (Å²) in [6.45, 7) is 4.26. The van der Waals surface area contributed by atoms with Crippen LogP contribution < -0.4 is 15.0 Å². The molecule has 0 aliphatic carbocycles. The molecule has 0 bridgehead atoms. The maximum Gasteiger partial charge on any atom is 0.262 e. The van der Waals surface area contributed by atoms with E-state index in [1.54, 1.807) is 42.5 Å². The number of halogens is 2. The van der Waals surface area contributed by atoms with E-state index in [1.165, 1.54) is 0 Å². The maximum atomic E-state index is 12.8. The summed E-state index contributed by atoms with van der Waals surface area (Å²) in [6, 6.07) is 19.9. The van der Waals surface area contributed by atoms with Gasteiger partial charge in [0.25, 0.3) is 11.8 Å². The van der Waals surface area contributed by atoms with Crippen molar-refractivity contribution in [3.05, 3.63) is 87.9 Å². The Morgan fingerprint density at radius 2 is 1.59 bits per heavy atom. The van der Waals surface area contributed by atoms with E-state index in [1.807, 2.05) is 36.1 Å². The third kappa shape index (κ3) is 5.82. The number of benzene rings is 3. The first-order valence-electron chi connectivity index (χ1n) is 11.0. The van der Waals surface area contributed by atoms with Gasteiger partial charge in [0, 0.05) is 41.8 Å². The zero-order valence-electron chi connectivity index (χ0n) is 18.8. The Morgan fingerprint density at radius 3 is 2.29 bits per heavy atom. The van der Waals surface area contributed by atoms with Crippen LogP contribution in [-0.4, -0.2) is 49.5 Å². The molecule has 1 heterocycles. The second kappa shape index (κ2) is 10.8. The van der Waals surface area contributed by atoms with Gasteiger partial charge in [-0.2, -0.15) is 0 Å². The van der Waals surface area contributed by atoms with Crippen molar-refractivity contribution in [2.75, 3.05) is 43.0 Å². The number of para-hydroxylation sites is 2. The summed E-state index contributed by atoms with van der Waals surface area (Å²) in [4.78, 5) is 29.4. The van der Waals surface area contributed by atoms with Crippen LogP contribution in [0.1, 0.15) is 15.9 Å². The first-order valence-corrected chi connectivity index (χ1v) is 11.7. The molecule has 4 rings (SSSR count). The van der Waals surface area contributed by atoms with Crippen molar-refractivity contribution in [2.45, 2.75) is 6.92 Å². The largest absolute Gasteiger partial charge is 0.483 e. The molecule has 8 heteroatoms. The maximum absolute atomic E-state index is 12.8. The molecule has 0 aromatic heterocycles. The molecule has 1 fully saturated rings. The number of anilines is 2. The van der Waals surface area contributed by atoms with Gasteiger partial charge in [-0.15, -0.1) is 0 Å². The number of carbonyl (C=O) groups is 2. The van der Waals surface area contributed by atoms with E-state index in [9.17, 15) is 9.59 Å². The Bertz CT molecular complexity index is 1180. The number of hydrogen-bond acceptors (Lipinski definition) is 4. The number of hydrogen-bond donors (Lipinski definition) is 1. The molecule has 0 atom stereocenters. The zero-order chi connectivity index (χ0) is 24.1. The summed E-state index contributed by atoms with van der Waals surface area (Å²) >= 11 is 11.9. The van der Waals surface area contributed by atoms with Crippen LogP contribution in [0, 0.1) is 6.92 Å². The van der Waals surface area contributed by atoms with E-state index in [4.69, 9.17) is 27.9 Å². The SMILES string of the molecule is Cc1cc(Cl)ccc1OCC(=O)Nc1ccccc1N1CCN(C(=O)c2ccc(Cl)cc2)CC1. The molecule has 34 heavy (non-hydrogen) atoms. The van der Waals surface area contributed by atoms with Crippen LogP contribution in [0.3, 0.4) is 0 Å². The van der Waals surface area contributed by atoms with Crippen LogP contribution in [0.5, 0.6) is 5.75 Å². The van der Waals surface area contributed by atoms with Crippen molar-refractivity contribution in [3.8, 4) is 5.75 Å². The highest BCUT2D eigenvalue weighted by Gasteiger charge is 2.24. The van der Waals surface area contributed by atoms with Crippen molar-refractivity contribution < 1.29 is 14.3 Å². The predicted molar refractivity (Wildman–Crippen MR) is 136 cm³/mol. The minimum atomic E-state index is -0.252. The van der Waals surface area contributed by atoms with Crippen LogP contribution in [0.2, 0.25) is 10.0 Å². The van der Waals surface area contributed by atoms with Crippen molar-refractivity contribution in [1.29, 1.82) is 0 Å². The monoisotopic (exact) mass is 497 g/mol. The van der Waals surface area contributed by atoms with Gasteiger partial charge in [-0.3, -0.25) is 9.59 Å².